The molecular formula is C31H28BrF2O6P. The van der Waals surface area contributed by atoms with Crippen molar-refractivity contribution >= 4 is 39.0 Å². The van der Waals surface area contributed by atoms with E-state index in [1.165, 1.54) is 6.07 Å². The van der Waals surface area contributed by atoms with Crippen LogP contribution in [0, 0.1) is 27.7 Å². The largest absolute Gasteiger partial charge is 0.586 e. The third-order valence-electron chi connectivity index (χ3n) is 6.90. The predicted molar refractivity (Wildman–Crippen MR) is 158 cm³/mol. The number of aryl methyl sites for hydroxylation is 4. The van der Waals surface area contributed by atoms with Gasteiger partial charge < -0.3 is 28.2 Å². The molecule has 4 aromatic rings. The Morgan fingerprint density at radius 1 is 0.756 bits per heavy atom. The molecule has 1 heterocycles. The molecule has 10 heteroatoms. The predicted octanol–water partition coefficient (Wildman–Crippen LogP) is 7.45. The summed E-state index contributed by atoms with van der Waals surface area (Å²) in [5.41, 5.74) is 3.09. The Morgan fingerprint density at radius 3 is 1.68 bits per heavy atom. The number of alkyl halides is 2. The van der Waals surface area contributed by atoms with E-state index in [1.54, 1.807) is 68.8 Å². The molecule has 1 aliphatic rings. The van der Waals surface area contributed by atoms with Crippen LogP contribution < -0.4 is 39.6 Å². The van der Waals surface area contributed by atoms with Gasteiger partial charge in [0.1, 0.15) is 17.2 Å². The van der Waals surface area contributed by atoms with E-state index in [1.807, 2.05) is 27.7 Å². The van der Waals surface area contributed by atoms with Gasteiger partial charge in [-0.05, 0) is 108 Å². The van der Waals surface area contributed by atoms with Gasteiger partial charge in [-0.2, -0.15) is 0 Å². The molecule has 0 fully saturated rings. The fourth-order valence-electron chi connectivity index (χ4n) is 5.24. The molecule has 0 bridgehead atoms. The van der Waals surface area contributed by atoms with Crippen molar-refractivity contribution in [3.8, 4) is 34.5 Å². The van der Waals surface area contributed by atoms with Crippen molar-refractivity contribution in [1.29, 1.82) is 0 Å². The molecule has 0 atom stereocenters. The molecule has 6 nitrogen and oxygen atoms in total. The molecule has 4 aromatic carbocycles. The monoisotopic (exact) mass is 644 g/mol. The van der Waals surface area contributed by atoms with Gasteiger partial charge in [-0.25, -0.2) is 0 Å². The number of halogens is 3. The second-order valence-corrected chi connectivity index (χ2v) is 13.3. The molecule has 5 rings (SSSR count). The molecule has 0 aromatic heterocycles. The van der Waals surface area contributed by atoms with Gasteiger partial charge in [-0.15, -0.1) is 8.78 Å². The minimum absolute atomic E-state index is 0.0642. The zero-order valence-electron chi connectivity index (χ0n) is 23.3. The van der Waals surface area contributed by atoms with Gasteiger partial charge in [-0.3, -0.25) is 0 Å². The zero-order chi connectivity index (χ0) is 29.7. The van der Waals surface area contributed by atoms with Crippen molar-refractivity contribution < 1.29 is 37.0 Å². The first-order chi connectivity index (χ1) is 19.4. The summed E-state index contributed by atoms with van der Waals surface area (Å²) < 4.78 is 71.7. The summed E-state index contributed by atoms with van der Waals surface area (Å²) in [7, 11) is -0.655. The maximum absolute atomic E-state index is 15.8. The highest BCUT2D eigenvalue weighted by Crippen LogP contribution is 2.56. The summed E-state index contributed by atoms with van der Waals surface area (Å²) >= 11 is 3.45. The number of benzene rings is 4. The summed E-state index contributed by atoms with van der Waals surface area (Å²) in [6.07, 6.45) is -3.94. The number of hydrogen-bond acceptors (Lipinski definition) is 6. The van der Waals surface area contributed by atoms with Crippen LogP contribution in [0.15, 0.2) is 65.1 Å². The summed E-state index contributed by atoms with van der Waals surface area (Å²) in [6.45, 7) is 7.46. The quantitative estimate of drug-likeness (QED) is 0.195. The summed E-state index contributed by atoms with van der Waals surface area (Å²) in [4.78, 5) is 0. The minimum atomic E-state index is -3.94. The molecule has 1 aliphatic heterocycles. The van der Waals surface area contributed by atoms with E-state index in [9.17, 15) is 8.78 Å². The fraction of sp³-hybridized carbons (Fsp3) is 0.226. The van der Waals surface area contributed by atoms with Crippen molar-refractivity contribution in [3.05, 3.63) is 87.4 Å². The van der Waals surface area contributed by atoms with Crippen molar-refractivity contribution in [2.45, 2.75) is 34.0 Å². The third-order valence-corrected chi connectivity index (χ3v) is 11.0. The second kappa shape index (κ2) is 10.7. The molecule has 0 N–H and O–H groups in total. The standard InChI is InChI=1S/C31H28BrF2O6P/c1-17-12-22(13-18(2)27(17)36-5)41(35,23-14-19(3)28(37-6)20(4)15-23)25-16-24(38-21-10-8-7-9-11-21)29-30(26(25)32)40-31(33,34)39-29/h7-16H,1-6H3. The van der Waals surface area contributed by atoms with Crippen LogP contribution in [0.25, 0.3) is 0 Å². The van der Waals surface area contributed by atoms with Gasteiger partial charge in [0, 0.05) is 15.9 Å². The van der Waals surface area contributed by atoms with Gasteiger partial charge in [0.25, 0.3) is 0 Å². The molecule has 0 unspecified atom stereocenters. The average Bonchev–Trinajstić information content (AvgIpc) is 3.26. The summed E-state index contributed by atoms with van der Waals surface area (Å²) in [5, 5.41) is 1.17. The highest BCUT2D eigenvalue weighted by atomic mass is 79.9. The van der Waals surface area contributed by atoms with E-state index in [0.29, 0.717) is 27.9 Å². The van der Waals surface area contributed by atoms with E-state index in [0.717, 1.165) is 22.3 Å². The lowest BCUT2D eigenvalue weighted by molar-refractivity contribution is -0.287. The summed E-state index contributed by atoms with van der Waals surface area (Å²) in [5.74, 6) is 1.04. The van der Waals surface area contributed by atoms with Crippen LogP contribution in [-0.2, 0) is 4.57 Å². The molecule has 0 spiro atoms. The smallest absolute Gasteiger partial charge is 0.496 e. The van der Waals surface area contributed by atoms with Crippen LogP contribution in [0.1, 0.15) is 22.3 Å². The van der Waals surface area contributed by atoms with Crippen molar-refractivity contribution in [3.63, 3.8) is 0 Å². The van der Waals surface area contributed by atoms with Crippen LogP contribution in [0.5, 0.6) is 34.5 Å². The first-order valence-corrected chi connectivity index (χ1v) is 15.2. The SMILES string of the molecule is COc1c(C)cc(P(=O)(c2cc(C)c(OC)c(C)c2)c2cc(Oc3ccccc3)c3c(c2Br)OC(F)(F)O3)cc1C. The Balaban J connectivity index is 1.85. The third kappa shape index (κ3) is 5.06. The van der Waals surface area contributed by atoms with Crippen molar-refractivity contribution in [2.24, 2.45) is 0 Å². The molecule has 0 amide bonds. The minimum Gasteiger partial charge on any atom is -0.496 e. The van der Waals surface area contributed by atoms with Crippen LogP contribution in [-0.4, -0.2) is 20.5 Å². The molecule has 0 radical (unpaired) electrons. The second-order valence-electron chi connectivity index (χ2n) is 9.78. The average molecular weight is 645 g/mol. The van der Waals surface area contributed by atoms with Crippen molar-refractivity contribution in [2.75, 3.05) is 14.2 Å². The van der Waals surface area contributed by atoms with Gasteiger partial charge in [0.2, 0.25) is 5.75 Å². The molecule has 0 saturated heterocycles. The van der Waals surface area contributed by atoms with Gasteiger partial charge >= 0.3 is 6.29 Å². The maximum Gasteiger partial charge on any atom is 0.586 e. The number of fused-ring (bicyclic) bond motifs is 1. The first-order valence-electron chi connectivity index (χ1n) is 12.7. The summed E-state index contributed by atoms with van der Waals surface area (Å²) in [6, 6.07) is 17.3. The maximum atomic E-state index is 15.8. The Morgan fingerprint density at radius 2 is 1.22 bits per heavy atom. The van der Waals surface area contributed by atoms with E-state index in [-0.39, 0.29) is 27.0 Å². The van der Waals surface area contributed by atoms with Crippen molar-refractivity contribution in [1.82, 2.24) is 0 Å². The van der Waals surface area contributed by atoms with E-state index >= 15 is 4.57 Å². The Hall–Kier alpha value is -3.55. The van der Waals surface area contributed by atoms with E-state index < -0.39 is 13.4 Å². The lowest BCUT2D eigenvalue weighted by Gasteiger charge is -2.25. The number of hydrogen-bond donors (Lipinski definition) is 0. The highest BCUT2D eigenvalue weighted by Gasteiger charge is 2.49. The molecule has 214 valence electrons. The molecule has 0 aliphatic carbocycles. The topological polar surface area (TPSA) is 63.2 Å². The number of para-hydroxylation sites is 1. The first kappa shape index (κ1) is 29.0. The Bertz CT molecular complexity index is 1600. The number of rotatable bonds is 7. The molecule has 41 heavy (non-hydrogen) atoms. The lowest BCUT2D eigenvalue weighted by Crippen LogP contribution is -2.28. The Kier molecular flexibility index (Phi) is 7.55. The van der Waals surface area contributed by atoms with E-state index in [2.05, 4.69) is 15.9 Å². The molecular weight excluding hydrogens is 617 g/mol. The fourth-order valence-corrected chi connectivity index (χ4v) is 9.40. The van der Waals surface area contributed by atoms with Crippen LogP contribution >= 0.6 is 23.1 Å². The number of ether oxygens (including phenoxy) is 5. The normalized spacial score (nSPS) is 13.7. The molecule has 0 saturated carbocycles. The lowest BCUT2D eigenvalue weighted by atomic mass is 10.1. The highest BCUT2D eigenvalue weighted by molar-refractivity contribution is 9.10. The van der Waals surface area contributed by atoms with Crippen LogP contribution in [0.2, 0.25) is 0 Å². The Labute approximate surface area is 245 Å². The number of methoxy groups -OCH3 is 2. The van der Waals surface area contributed by atoms with Gasteiger partial charge in [-0.1, -0.05) is 18.2 Å². The van der Waals surface area contributed by atoms with Gasteiger partial charge in [0.15, 0.2) is 18.6 Å². The van der Waals surface area contributed by atoms with Crippen LogP contribution in [0.4, 0.5) is 8.78 Å². The van der Waals surface area contributed by atoms with E-state index in [4.69, 9.17) is 23.7 Å². The zero-order valence-corrected chi connectivity index (χ0v) is 25.8. The van der Waals surface area contributed by atoms with Crippen LogP contribution in [0.3, 0.4) is 0 Å². The van der Waals surface area contributed by atoms with Gasteiger partial charge in [0.05, 0.1) is 18.7 Å².